The molecule has 0 spiro atoms. The van der Waals surface area contributed by atoms with E-state index in [-0.39, 0.29) is 0 Å². The molecule has 2 aromatic rings. The van der Waals surface area contributed by atoms with Crippen molar-refractivity contribution in [2.45, 2.75) is 31.7 Å². The molecule has 8 heteroatoms. The summed E-state index contributed by atoms with van der Waals surface area (Å²) in [5, 5.41) is 3.88. The van der Waals surface area contributed by atoms with Crippen LogP contribution < -0.4 is 0 Å². The fraction of sp³-hybridized carbons (Fsp3) is 0.500. The number of aryl methyl sites for hydroxylation is 2. The van der Waals surface area contributed by atoms with E-state index in [1.54, 1.807) is 16.4 Å². The fourth-order valence-electron chi connectivity index (χ4n) is 2.68. The standard InChI is InChI=1S/C16H22N4O3S/c1-3-15-17-16(23-18-15)12-19-8-10-20(11-9-19)24(21,22)14-6-4-13(2)5-7-14/h4-7H,3,8-12H2,1-2H3. The SMILES string of the molecule is CCc1noc(CN2CCN(S(=O)(=O)c3ccc(C)cc3)CC2)n1. The summed E-state index contributed by atoms with van der Waals surface area (Å²) in [5.74, 6) is 1.28. The van der Waals surface area contributed by atoms with Crippen molar-refractivity contribution in [1.29, 1.82) is 0 Å². The summed E-state index contributed by atoms with van der Waals surface area (Å²) in [5.41, 5.74) is 1.05. The fourth-order valence-corrected chi connectivity index (χ4v) is 4.10. The molecule has 24 heavy (non-hydrogen) atoms. The molecule has 1 aromatic carbocycles. The summed E-state index contributed by atoms with van der Waals surface area (Å²) in [6.45, 7) is 6.70. The maximum absolute atomic E-state index is 12.7. The molecular weight excluding hydrogens is 328 g/mol. The van der Waals surface area contributed by atoms with Crippen molar-refractivity contribution in [3.63, 3.8) is 0 Å². The van der Waals surface area contributed by atoms with E-state index in [4.69, 9.17) is 4.52 Å². The molecule has 0 bridgehead atoms. The molecule has 0 aliphatic carbocycles. The zero-order valence-electron chi connectivity index (χ0n) is 14.0. The van der Waals surface area contributed by atoms with Gasteiger partial charge in [-0.25, -0.2) is 8.42 Å². The highest BCUT2D eigenvalue weighted by atomic mass is 32.2. The normalized spacial score (nSPS) is 17.2. The quantitative estimate of drug-likeness (QED) is 0.812. The molecule has 130 valence electrons. The summed E-state index contributed by atoms with van der Waals surface area (Å²) in [7, 11) is -3.42. The maximum Gasteiger partial charge on any atom is 0.243 e. The van der Waals surface area contributed by atoms with Crippen LogP contribution in [-0.4, -0.2) is 53.9 Å². The Labute approximate surface area is 142 Å². The van der Waals surface area contributed by atoms with E-state index in [2.05, 4.69) is 15.0 Å². The molecule has 1 saturated heterocycles. The molecule has 2 heterocycles. The van der Waals surface area contributed by atoms with Crippen LogP contribution in [0.25, 0.3) is 0 Å². The lowest BCUT2D eigenvalue weighted by Gasteiger charge is -2.33. The second kappa shape index (κ2) is 7.00. The highest BCUT2D eigenvalue weighted by molar-refractivity contribution is 7.89. The molecule has 0 N–H and O–H groups in total. The van der Waals surface area contributed by atoms with Crippen LogP contribution >= 0.6 is 0 Å². The molecule has 1 fully saturated rings. The van der Waals surface area contributed by atoms with E-state index < -0.39 is 10.0 Å². The van der Waals surface area contributed by atoms with Gasteiger partial charge in [0.2, 0.25) is 15.9 Å². The van der Waals surface area contributed by atoms with E-state index in [1.165, 1.54) is 0 Å². The number of rotatable bonds is 5. The van der Waals surface area contributed by atoms with Crippen molar-refractivity contribution >= 4 is 10.0 Å². The third-order valence-electron chi connectivity index (χ3n) is 4.18. The van der Waals surface area contributed by atoms with E-state index >= 15 is 0 Å². The summed E-state index contributed by atoms with van der Waals surface area (Å²) < 4.78 is 32.1. The lowest BCUT2D eigenvalue weighted by atomic mass is 10.2. The first-order valence-corrected chi connectivity index (χ1v) is 9.53. The highest BCUT2D eigenvalue weighted by Gasteiger charge is 2.28. The summed E-state index contributed by atoms with van der Waals surface area (Å²) in [4.78, 5) is 6.78. The number of piperazine rings is 1. The van der Waals surface area contributed by atoms with Crippen molar-refractivity contribution in [1.82, 2.24) is 19.3 Å². The van der Waals surface area contributed by atoms with Gasteiger partial charge in [0.25, 0.3) is 0 Å². The molecule has 7 nitrogen and oxygen atoms in total. The van der Waals surface area contributed by atoms with Gasteiger partial charge >= 0.3 is 0 Å². The average molecular weight is 350 g/mol. The molecule has 0 radical (unpaired) electrons. The third kappa shape index (κ3) is 3.66. The second-order valence-corrected chi connectivity index (χ2v) is 7.89. The van der Waals surface area contributed by atoms with E-state index in [0.717, 1.165) is 12.0 Å². The Hall–Kier alpha value is -1.77. The first-order chi connectivity index (χ1) is 11.5. The van der Waals surface area contributed by atoms with Crippen LogP contribution in [-0.2, 0) is 23.0 Å². The van der Waals surface area contributed by atoms with Crippen LogP contribution in [0.5, 0.6) is 0 Å². The van der Waals surface area contributed by atoms with Gasteiger partial charge in [-0.2, -0.15) is 9.29 Å². The van der Waals surface area contributed by atoms with Gasteiger partial charge in [-0.3, -0.25) is 4.90 Å². The minimum atomic E-state index is -3.42. The van der Waals surface area contributed by atoms with Crippen LogP contribution in [0.4, 0.5) is 0 Å². The number of hydrogen-bond donors (Lipinski definition) is 0. The lowest BCUT2D eigenvalue weighted by Crippen LogP contribution is -2.48. The van der Waals surface area contributed by atoms with Gasteiger partial charge < -0.3 is 4.52 Å². The van der Waals surface area contributed by atoms with Crippen molar-refractivity contribution in [3.05, 3.63) is 41.5 Å². The molecule has 0 atom stereocenters. The Bertz CT molecular complexity index is 778. The van der Waals surface area contributed by atoms with Crippen molar-refractivity contribution in [2.75, 3.05) is 26.2 Å². The largest absolute Gasteiger partial charge is 0.338 e. The van der Waals surface area contributed by atoms with E-state index in [0.29, 0.717) is 49.3 Å². The minimum absolute atomic E-state index is 0.353. The van der Waals surface area contributed by atoms with Gasteiger partial charge in [0.15, 0.2) is 5.82 Å². The zero-order valence-corrected chi connectivity index (χ0v) is 14.8. The molecule has 1 aliphatic heterocycles. The van der Waals surface area contributed by atoms with Gasteiger partial charge in [0.1, 0.15) is 0 Å². The van der Waals surface area contributed by atoms with Gasteiger partial charge in [-0.15, -0.1) is 0 Å². The van der Waals surface area contributed by atoms with Crippen molar-refractivity contribution in [2.24, 2.45) is 0 Å². The molecular formula is C16H22N4O3S. The first-order valence-electron chi connectivity index (χ1n) is 8.09. The Balaban J connectivity index is 1.60. The smallest absolute Gasteiger partial charge is 0.243 e. The van der Waals surface area contributed by atoms with Crippen molar-refractivity contribution < 1.29 is 12.9 Å². The van der Waals surface area contributed by atoms with Crippen LogP contribution in [0.15, 0.2) is 33.7 Å². The third-order valence-corrected chi connectivity index (χ3v) is 6.09. The van der Waals surface area contributed by atoms with E-state index in [1.807, 2.05) is 26.0 Å². The Morgan fingerprint density at radius 2 is 1.79 bits per heavy atom. The van der Waals surface area contributed by atoms with Crippen LogP contribution in [0, 0.1) is 6.92 Å². The molecule has 1 aliphatic rings. The highest BCUT2D eigenvalue weighted by Crippen LogP contribution is 2.18. The Morgan fingerprint density at radius 3 is 2.38 bits per heavy atom. The number of aromatic nitrogens is 2. The van der Waals surface area contributed by atoms with Crippen LogP contribution in [0.2, 0.25) is 0 Å². The van der Waals surface area contributed by atoms with E-state index in [9.17, 15) is 8.42 Å². The topological polar surface area (TPSA) is 79.5 Å². The Kier molecular flexibility index (Phi) is 4.98. The van der Waals surface area contributed by atoms with Gasteiger partial charge in [-0.05, 0) is 19.1 Å². The summed E-state index contributed by atoms with van der Waals surface area (Å²) in [6, 6.07) is 6.98. The monoisotopic (exact) mass is 350 g/mol. The summed E-state index contributed by atoms with van der Waals surface area (Å²) in [6.07, 6.45) is 0.742. The summed E-state index contributed by atoms with van der Waals surface area (Å²) >= 11 is 0. The lowest BCUT2D eigenvalue weighted by molar-refractivity contribution is 0.163. The average Bonchev–Trinajstić information content (AvgIpc) is 3.03. The van der Waals surface area contributed by atoms with Crippen molar-refractivity contribution in [3.8, 4) is 0 Å². The first kappa shape index (κ1) is 17.1. The maximum atomic E-state index is 12.7. The minimum Gasteiger partial charge on any atom is -0.338 e. The molecule has 0 amide bonds. The zero-order chi connectivity index (χ0) is 17.2. The molecule has 1 aromatic heterocycles. The number of hydrogen-bond acceptors (Lipinski definition) is 6. The predicted molar refractivity (Wildman–Crippen MR) is 88.9 cm³/mol. The number of nitrogens with zero attached hydrogens (tertiary/aromatic N) is 4. The number of benzene rings is 1. The van der Waals surface area contributed by atoms with Gasteiger partial charge in [0.05, 0.1) is 11.4 Å². The number of sulfonamides is 1. The molecule has 3 rings (SSSR count). The van der Waals surface area contributed by atoms with Gasteiger partial charge in [-0.1, -0.05) is 29.8 Å². The van der Waals surface area contributed by atoms with Gasteiger partial charge in [0, 0.05) is 32.6 Å². The second-order valence-electron chi connectivity index (χ2n) is 5.95. The Morgan fingerprint density at radius 1 is 1.12 bits per heavy atom. The molecule has 0 saturated carbocycles. The van der Waals surface area contributed by atoms with Crippen LogP contribution in [0.1, 0.15) is 24.2 Å². The molecule has 0 unspecified atom stereocenters. The predicted octanol–water partition coefficient (Wildman–Crippen LogP) is 1.45. The van der Waals surface area contributed by atoms with Crippen LogP contribution in [0.3, 0.4) is 0 Å².